The van der Waals surface area contributed by atoms with Gasteiger partial charge in [-0.15, -0.1) is 0 Å². The number of carboxylic acids is 1. The summed E-state index contributed by atoms with van der Waals surface area (Å²) < 4.78 is 0. The molecule has 0 heterocycles. The van der Waals surface area contributed by atoms with Crippen molar-refractivity contribution < 1.29 is 19.5 Å². The fourth-order valence-corrected chi connectivity index (χ4v) is 1.86. The van der Waals surface area contributed by atoms with Crippen molar-refractivity contribution in [2.45, 2.75) is 39.2 Å². The molecule has 22 heavy (non-hydrogen) atoms. The molecule has 0 aliphatic heterocycles. The molecule has 0 bridgehead atoms. The first-order chi connectivity index (χ1) is 10.4. The van der Waals surface area contributed by atoms with Crippen molar-refractivity contribution in [1.29, 1.82) is 0 Å². The van der Waals surface area contributed by atoms with Crippen LogP contribution in [0.4, 0.5) is 0 Å². The van der Waals surface area contributed by atoms with Crippen LogP contribution in [0.25, 0.3) is 0 Å². The van der Waals surface area contributed by atoms with Gasteiger partial charge >= 0.3 is 5.97 Å². The summed E-state index contributed by atoms with van der Waals surface area (Å²) in [6.45, 7) is 4.29. The average Bonchev–Trinajstić information content (AvgIpc) is 2.50. The first kappa shape index (κ1) is 17.7. The fraction of sp³-hybridized carbons (Fsp3) is 0.438. The van der Waals surface area contributed by atoms with Crippen molar-refractivity contribution in [3.63, 3.8) is 0 Å². The molecule has 1 aromatic carbocycles. The van der Waals surface area contributed by atoms with Crippen LogP contribution in [0.5, 0.6) is 0 Å². The van der Waals surface area contributed by atoms with Gasteiger partial charge in [0.05, 0.1) is 0 Å². The molecule has 2 amide bonds. The van der Waals surface area contributed by atoms with Gasteiger partial charge in [-0.3, -0.25) is 14.4 Å². The Kier molecular flexibility index (Phi) is 7.08. The molecule has 1 aromatic rings. The Hall–Kier alpha value is -2.37. The molecule has 1 unspecified atom stereocenters. The zero-order valence-corrected chi connectivity index (χ0v) is 12.9. The normalized spacial score (nSPS) is 11.5. The minimum absolute atomic E-state index is 0.000903. The zero-order valence-electron chi connectivity index (χ0n) is 12.9. The average molecular weight is 306 g/mol. The molecule has 0 fully saturated rings. The van der Waals surface area contributed by atoms with Crippen LogP contribution in [0.2, 0.25) is 0 Å². The first-order valence-electron chi connectivity index (χ1n) is 7.35. The van der Waals surface area contributed by atoms with Gasteiger partial charge in [-0.25, -0.2) is 0 Å². The predicted molar refractivity (Wildman–Crippen MR) is 82.9 cm³/mol. The van der Waals surface area contributed by atoms with E-state index in [-0.39, 0.29) is 24.3 Å². The van der Waals surface area contributed by atoms with Crippen LogP contribution in [0, 0.1) is 0 Å². The molecule has 0 radical (unpaired) electrons. The molecule has 120 valence electrons. The van der Waals surface area contributed by atoms with E-state index in [0.717, 1.165) is 6.42 Å². The van der Waals surface area contributed by atoms with Crippen LogP contribution in [0.3, 0.4) is 0 Å². The molecule has 0 aliphatic carbocycles. The van der Waals surface area contributed by atoms with Gasteiger partial charge in [-0.1, -0.05) is 13.0 Å². The monoisotopic (exact) mass is 306 g/mol. The van der Waals surface area contributed by atoms with Crippen molar-refractivity contribution >= 4 is 17.8 Å². The molecule has 1 rings (SSSR count). The van der Waals surface area contributed by atoms with Gasteiger partial charge in [-0.05, 0) is 38.0 Å². The smallest absolute Gasteiger partial charge is 0.303 e. The Balaban J connectivity index is 2.66. The summed E-state index contributed by atoms with van der Waals surface area (Å²) in [6.07, 6.45) is 1.20. The number of carboxylic acid groups (broad SMARTS) is 1. The number of hydrogen-bond acceptors (Lipinski definition) is 3. The van der Waals surface area contributed by atoms with Gasteiger partial charge in [0.2, 0.25) is 0 Å². The maximum absolute atomic E-state index is 12.1. The van der Waals surface area contributed by atoms with Crippen molar-refractivity contribution in [2.75, 3.05) is 6.54 Å². The quantitative estimate of drug-likeness (QED) is 0.682. The predicted octanol–water partition coefficient (Wildman–Crippen LogP) is 1.81. The Bertz CT molecular complexity index is 543. The summed E-state index contributed by atoms with van der Waals surface area (Å²) >= 11 is 0. The van der Waals surface area contributed by atoms with E-state index in [2.05, 4.69) is 10.6 Å². The highest BCUT2D eigenvalue weighted by Crippen LogP contribution is 2.07. The van der Waals surface area contributed by atoms with E-state index >= 15 is 0 Å². The van der Waals surface area contributed by atoms with Crippen LogP contribution < -0.4 is 10.6 Å². The maximum atomic E-state index is 12.1. The third-order valence-electron chi connectivity index (χ3n) is 3.09. The molecule has 0 spiro atoms. The highest BCUT2D eigenvalue weighted by molar-refractivity contribution is 5.99. The van der Waals surface area contributed by atoms with Crippen LogP contribution >= 0.6 is 0 Å². The number of amides is 2. The molecule has 1 atom stereocenters. The van der Waals surface area contributed by atoms with E-state index in [9.17, 15) is 14.4 Å². The SMILES string of the molecule is CCCNC(=O)c1cccc(C(=O)NC(C)CCC(=O)O)c1. The van der Waals surface area contributed by atoms with Crippen LogP contribution in [0.1, 0.15) is 53.8 Å². The number of benzene rings is 1. The highest BCUT2D eigenvalue weighted by atomic mass is 16.4. The maximum Gasteiger partial charge on any atom is 0.303 e. The molecule has 6 heteroatoms. The number of hydrogen-bond donors (Lipinski definition) is 3. The zero-order chi connectivity index (χ0) is 16.5. The van der Waals surface area contributed by atoms with Gasteiger partial charge in [0.15, 0.2) is 0 Å². The molecule has 0 aliphatic rings. The Morgan fingerprint density at radius 2 is 1.82 bits per heavy atom. The topological polar surface area (TPSA) is 95.5 Å². The lowest BCUT2D eigenvalue weighted by Gasteiger charge is -2.13. The molecule has 6 nitrogen and oxygen atoms in total. The van der Waals surface area contributed by atoms with Crippen LogP contribution in [0.15, 0.2) is 24.3 Å². The summed E-state index contributed by atoms with van der Waals surface area (Å²) in [5.74, 6) is -1.42. The van der Waals surface area contributed by atoms with Gasteiger partial charge in [0.25, 0.3) is 11.8 Å². The van der Waals surface area contributed by atoms with Gasteiger partial charge in [0.1, 0.15) is 0 Å². The summed E-state index contributed by atoms with van der Waals surface area (Å²) in [4.78, 5) is 34.5. The lowest BCUT2D eigenvalue weighted by molar-refractivity contribution is -0.137. The van der Waals surface area contributed by atoms with Crippen LogP contribution in [-0.2, 0) is 4.79 Å². The number of carbonyl (C=O) groups excluding carboxylic acids is 2. The van der Waals surface area contributed by atoms with Gasteiger partial charge in [0, 0.05) is 30.1 Å². The molecule has 0 saturated carbocycles. The van der Waals surface area contributed by atoms with E-state index in [1.807, 2.05) is 6.92 Å². The van der Waals surface area contributed by atoms with E-state index in [1.165, 1.54) is 6.07 Å². The van der Waals surface area contributed by atoms with Gasteiger partial charge in [-0.2, -0.15) is 0 Å². The largest absolute Gasteiger partial charge is 0.481 e. The number of nitrogens with one attached hydrogen (secondary N) is 2. The van der Waals surface area contributed by atoms with E-state index < -0.39 is 5.97 Å². The highest BCUT2D eigenvalue weighted by Gasteiger charge is 2.13. The molecular formula is C16H22N2O4. The van der Waals surface area contributed by atoms with E-state index in [1.54, 1.807) is 25.1 Å². The summed E-state index contributed by atoms with van der Waals surface area (Å²) in [6, 6.07) is 6.20. The Morgan fingerprint density at radius 3 is 2.41 bits per heavy atom. The molecule has 0 aromatic heterocycles. The van der Waals surface area contributed by atoms with Crippen molar-refractivity contribution in [2.24, 2.45) is 0 Å². The van der Waals surface area contributed by atoms with Crippen molar-refractivity contribution in [3.05, 3.63) is 35.4 Å². The summed E-state index contributed by atoms with van der Waals surface area (Å²) in [7, 11) is 0. The third kappa shape index (κ3) is 5.95. The summed E-state index contributed by atoms with van der Waals surface area (Å²) in [5.41, 5.74) is 0.811. The minimum atomic E-state index is -0.893. The van der Waals surface area contributed by atoms with Crippen molar-refractivity contribution in [1.82, 2.24) is 10.6 Å². The van der Waals surface area contributed by atoms with Crippen molar-refractivity contribution in [3.8, 4) is 0 Å². The third-order valence-corrected chi connectivity index (χ3v) is 3.09. The fourth-order valence-electron chi connectivity index (χ4n) is 1.86. The van der Waals surface area contributed by atoms with E-state index in [4.69, 9.17) is 5.11 Å². The molecule has 3 N–H and O–H groups in total. The summed E-state index contributed by atoms with van der Waals surface area (Å²) in [5, 5.41) is 14.1. The van der Waals surface area contributed by atoms with Crippen LogP contribution in [-0.4, -0.2) is 35.5 Å². The molecular weight excluding hydrogens is 284 g/mol. The van der Waals surface area contributed by atoms with Gasteiger partial charge < -0.3 is 15.7 Å². The number of aliphatic carboxylic acids is 1. The lowest BCUT2D eigenvalue weighted by atomic mass is 10.1. The second-order valence-electron chi connectivity index (χ2n) is 5.14. The molecule has 0 saturated heterocycles. The van der Waals surface area contributed by atoms with E-state index in [0.29, 0.717) is 24.1 Å². The Morgan fingerprint density at radius 1 is 1.18 bits per heavy atom. The first-order valence-corrected chi connectivity index (χ1v) is 7.35. The minimum Gasteiger partial charge on any atom is -0.481 e. The number of rotatable bonds is 8. The number of carbonyl (C=O) groups is 3. The standard InChI is InChI=1S/C16H22N2O4/c1-3-9-17-15(21)12-5-4-6-13(10-12)16(22)18-11(2)7-8-14(19)20/h4-6,10-11H,3,7-9H2,1-2H3,(H,17,21)(H,18,22)(H,19,20). The second-order valence-corrected chi connectivity index (χ2v) is 5.14. The lowest BCUT2D eigenvalue weighted by Crippen LogP contribution is -2.33. The second kappa shape index (κ2) is 8.81. The Labute approximate surface area is 129 Å².